The van der Waals surface area contributed by atoms with E-state index in [9.17, 15) is 9.59 Å². The zero-order valence-corrected chi connectivity index (χ0v) is 9.09. The quantitative estimate of drug-likeness (QED) is 0.627. The summed E-state index contributed by atoms with van der Waals surface area (Å²) < 4.78 is 0. The summed E-state index contributed by atoms with van der Waals surface area (Å²) in [5, 5.41) is 5.28. The highest BCUT2D eigenvalue weighted by molar-refractivity contribution is 5.77. The fourth-order valence-corrected chi connectivity index (χ4v) is 0.808. The largest absolute Gasteiger partial charge is 0.338 e. The smallest absolute Gasteiger partial charge is 0.314 e. The number of Topliss-reactive ketones (excluding diaryl/α,β-unsaturated/α-hetero) is 1. The van der Waals surface area contributed by atoms with Crippen molar-refractivity contribution in [1.82, 2.24) is 15.5 Å². The summed E-state index contributed by atoms with van der Waals surface area (Å²) >= 11 is 0. The Kier molecular flexibility index (Phi) is 6.74. The summed E-state index contributed by atoms with van der Waals surface area (Å²) in [4.78, 5) is 23.6. The number of nitrogens with one attached hydrogen (secondary N) is 2. The van der Waals surface area contributed by atoms with E-state index in [2.05, 4.69) is 10.6 Å². The summed E-state index contributed by atoms with van der Waals surface area (Å²) in [6, 6.07) is -0.215. The molecule has 0 heterocycles. The van der Waals surface area contributed by atoms with Crippen LogP contribution >= 0.6 is 0 Å². The third kappa shape index (κ3) is 8.99. The van der Waals surface area contributed by atoms with Crippen LogP contribution in [-0.4, -0.2) is 50.4 Å². The molecule has 5 heteroatoms. The molecule has 0 spiro atoms. The zero-order chi connectivity index (χ0) is 11.0. The van der Waals surface area contributed by atoms with Gasteiger partial charge in [0.2, 0.25) is 0 Å². The summed E-state index contributed by atoms with van der Waals surface area (Å²) in [6.45, 7) is 3.33. The Morgan fingerprint density at radius 1 is 1.14 bits per heavy atom. The van der Waals surface area contributed by atoms with Crippen molar-refractivity contribution in [2.24, 2.45) is 0 Å². The molecule has 2 amide bonds. The molecule has 0 saturated heterocycles. The van der Waals surface area contributed by atoms with Crippen molar-refractivity contribution in [3.8, 4) is 0 Å². The highest BCUT2D eigenvalue weighted by Crippen LogP contribution is 1.78. The van der Waals surface area contributed by atoms with E-state index in [-0.39, 0.29) is 11.8 Å². The fraction of sp³-hybridized carbons (Fsp3) is 0.778. The van der Waals surface area contributed by atoms with E-state index in [0.717, 1.165) is 6.54 Å². The topological polar surface area (TPSA) is 61.4 Å². The van der Waals surface area contributed by atoms with E-state index in [1.54, 1.807) is 0 Å². The van der Waals surface area contributed by atoms with Crippen LogP contribution in [-0.2, 0) is 4.79 Å². The third-order valence-electron chi connectivity index (χ3n) is 1.61. The van der Waals surface area contributed by atoms with Gasteiger partial charge in [-0.2, -0.15) is 0 Å². The maximum Gasteiger partial charge on any atom is 0.314 e. The molecule has 0 aliphatic heterocycles. The van der Waals surface area contributed by atoms with Gasteiger partial charge in [0.1, 0.15) is 5.78 Å². The van der Waals surface area contributed by atoms with Crippen LogP contribution < -0.4 is 10.6 Å². The van der Waals surface area contributed by atoms with Gasteiger partial charge >= 0.3 is 6.03 Å². The monoisotopic (exact) mass is 201 g/mol. The lowest BCUT2D eigenvalue weighted by molar-refractivity contribution is -0.116. The molecule has 0 saturated carbocycles. The van der Waals surface area contributed by atoms with Crippen molar-refractivity contribution in [2.75, 3.05) is 33.7 Å². The number of ketones is 1. The lowest BCUT2D eigenvalue weighted by atomic mass is 10.3. The highest BCUT2D eigenvalue weighted by atomic mass is 16.2. The number of rotatable bonds is 6. The number of amides is 2. The minimum Gasteiger partial charge on any atom is -0.338 e. The van der Waals surface area contributed by atoms with Crippen LogP contribution in [0.15, 0.2) is 0 Å². The number of hydrogen-bond acceptors (Lipinski definition) is 3. The molecule has 0 unspecified atom stereocenters. The van der Waals surface area contributed by atoms with Crippen LogP contribution in [0.2, 0.25) is 0 Å². The van der Waals surface area contributed by atoms with Gasteiger partial charge in [-0.1, -0.05) is 0 Å². The lowest BCUT2D eigenvalue weighted by Crippen LogP contribution is -2.39. The number of carbonyl (C=O) groups is 2. The fourth-order valence-electron chi connectivity index (χ4n) is 0.808. The molecule has 5 nitrogen and oxygen atoms in total. The Balaban J connectivity index is 3.33. The van der Waals surface area contributed by atoms with E-state index in [1.807, 2.05) is 19.0 Å². The second-order valence-corrected chi connectivity index (χ2v) is 3.44. The molecule has 0 aliphatic rings. The summed E-state index contributed by atoms with van der Waals surface area (Å²) in [7, 11) is 3.88. The highest BCUT2D eigenvalue weighted by Gasteiger charge is 1.99. The van der Waals surface area contributed by atoms with Gasteiger partial charge in [0.15, 0.2) is 0 Å². The summed E-state index contributed by atoms with van der Waals surface area (Å²) in [5.41, 5.74) is 0. The minimum atomic E-state index is -0.215. The minimum absolute atomic E-state index is 0.0820. The molecule has 0 bridgehead atoms. The molecule has 0 aromatic rings. The van der Waals surface area contributed by atoms with Gasteiger partial charge in [0.25, 0.3) is 0 Å². The van der Waals surface area contributed by atoms with Crippen molar-refractivity contribution in [1.29, 1.82) is 0 Å². The molecule has 0 atom stereocenters. The first-order valence-corrected chi connectivity index (χ1v) is 4.68. The number of likely N-dealkylation sites (N-methyl/N-ethyl adjacent to an activating group) is 1. The third-order valence-corrected chi connectivity index (χ3v) is 1.61. The standard InChI is InChI=1S/C9H19N3O2/c1-8(13)4-5-10-9(14)11-6-7-12(2)3/h4-7H2,1-3H3,(H2,10,11,14). The second-order valence-electron chi connectivity index (χ2n) is 3.44. The van der Waals surface area contributed by atoms with E-state index in [0.29, 0.717) is 19.5 Å². The van der Waals surface area contributed by atoms with Gasteiger partial charge in [0.05, 0.1) is 0 Å². The SMILES string of the molecule is CC(=O)CCNC(=O)NCCN(C)C. The van der Waals surface area contributed by atoms with E-state index in [4.69, 9.17) is 0 Å². The van der Waals surface area contributed by atoms with Crippen LogP contribution in [0.25, 0.3) is 0 Å². The first-order chi connectivity index (χ1) is 6.52. The van der Waals surface area contributed by atoms with E-state index in [1.165, 1.54) is 6.92 Å². The molecule has 2 N–H and O–H groups in total. The zero-order valence-electron chi connectivity index (χ0n) is 9.09. The lowest BCUT2D eigenvalue weighted by Gasteiger charge is -2.10. The summed E-state index contributed by atoms with van der Waals surface area (Å²) in [5.74, 6) is 0.0820. The first-order valence-electron chi connectivity index (χ1n) is 4.68. The van der Waals surface area contributed by atoms with Crippen LogP contribution in [0.1, 0.15) is 13.3 Å². The molecule has 0 radical (unpaired) electrons. The van der Waals surface area contributed by atoms with E-state index < -0.39 is 0 Å². The predicted octanol–water partition coefficient (Wildman–Crippen LogP) is -0.174. The van der Waals surface area contributed by atoms with Crippen molar-refractivity contribution in [3.63, 3.8) is 0 Å². The second kappa shape index (κ2) is 7.32. The van der Waals surface area contributed by atoms with Crippen LogP contribution in [0.4, 0.5) is 4.79 Å². The summed E-state index contributed by atoms with van der Waals surface area (Å²) in [6.07, 6.45) is 0.390. The van der Waals surface area contributed by atoms with Crippen molar-refractivity contribution >= 4 is 11.8 Å². The Bertz CT molecular complexity index is 192. The number of hydrogen-bond donors (Lipinski definition) is 2. The van der Waals surface area contributed by atoms with Crippen LogP contribution in [0.5, 0.6) is 0 Å². The van der Waals surface area contributed by atoms with Gasteiger partial charge in [0, 0.05) is 26.1 Å². The van der Waals surface area contributed by atoms with Crippen LogP contribution in [0, 0.1) is 0 Å². The van der Waals surface area contributed by atoms with Gasteiger partial charge in [-0.05, 0) is 21.0 Å². The van der Waals surface area contributed by atoms with Crippen LogP contribution in [0.3, 0.4) is 0 Å². The molecular weight excluding hydrogens is 182 g/mol. The Labute approximate surface area is 84.8 Å². The molecule has 0 aromatic carbocycles. The van der Waals surface area contributed by atoms with Crippen molar-refractivity contribution in [2.45, 2.75) is 13.3 Å². The molecular formula is C9H19N3O2. The molecule has 0 aromatic heterocycles. The molecule has 82 valence electrons. The molecule has 0 fully saturated rings. The van der Waals surface area contributed by atoms with Crippen molar-refractivity contribution in [3.05, 3.63) is 0 Å². The molecule has 0 aliphatic carbocycles. The maximum atomic E-state index is 11.1. The Hall–Kier alpha value is -1.10. The predicted molar refractivity (Wildman–Crippen MR) is 55.3 cm³/mol. The molecule has 14 heavy (non-hydrogen) atoms. The molecule has 0 rings (SSSR count). The normalized spacial score (nSPS) is 10.0. The Morgan fingerprint density at radius 3 is 2.21 bits per heavy atom. The number of nitrogens with zero attached hydrogens (tertiary/aromatic N) is 1. The van der Waals surface area contributed by atoms with E-state index >= 15 is 0 Å². The maximum absolute atomic E-state index is 11.1. The van der Waals surface area contributed by atoms with Gasteiger partial charge in [-0.15, -0.1) is 0 Å². The average molecular weight is 201 g/mol. The Morgan fingerprint density at radius 2 is 1.71 bits per heavy atom. The average Bonchev–Trinajstić information content (AvgIpc) is 2.02. The van der Waals surface area contributed by atoms with Gasteiger partial charge < -0.3 is 15.5 Å². The first kappa shape index (κ1) is 12.9. The number of urea groups is 1. The number of carbonyl (C=O) groups excluding carboxylic acids is 2. The van der Waals surface area contributed by atoms with Crippen molar-refractivity contribution < 1.29 is 9.59 Å². The van der Waals surface area contributed by atoms with Gasteiger partial charge in [-0.25, -0.2) is 4.79 Å². The van der Waals surface area contributed by atoms with Gasteiger partial charge in [-0.3, -0.25) is 4.79 Å².